The molecule has 8 heteroatoms. The molecule has 2 aromatic heterocycles. The number of aromatic nitrogens is 4. The van der Waals surface area contributed by atoms with Crippen molar-refractivity contribution in [1.82, 2.24) is 19.5 Å². The Kier molecular flexibility index (Phi) is 2.46. The summed E-state index contributed by atoms with van der Waals surface area (Å²) in [6, 6.07) is 0. The van der Waals surface area contributed by atoms with E-state index in [1.54, 1.807) is 0 Å². The first-order chi connectivity index (χ1) is 8.70. The van der Waals surface area contributed by atoms with Crippen molar-refractivity contribution in [3.8, 4) is 0 Å². The van der Waals surface area contributed by atoms with E-state index in [0.29, 0.717) is 5.65 Å². The van der Waals surface area contributed by atoms with Crippen LogP contribution in [-0.4, -0.2) is 37.3 Å². The molecule has 7 nitrogen and oxygen atoms in total. The van der Waals surface area contributed by atoms with Gasteiger partial charge in [0, 0.05) is 0 Å². The Bertz CT molecular complexity index is 677. The number of hydrogen-bond acceptors (Lipinski definition) is 5. The van der Waals surface area contributed by atoms with Gasteiger partial charge in [0.05, 0.1) is 19.3 Å². The van der Waals surface area contributed by atoms with Crippen LogP contribution in [0.3, 0.4) is 0 Å². The Labute approximate surface area is 99.6 Å². The SMILES string of the molecule is O=c1[nH]cnc2c1ncn2[C@H]1C=C(F)[C@@H](CO)O1. The maximum absolute atomic E-state index is 13.4. The third-order valence-corrected chi connectivity index (χ3v) is 2.72. The minimum atomic E-state index is -0.977. The Hall–Kier alpha value is -2.06. The standard InChI is InChI=1S/C10H9FN4O3/c11-5-1-7(18-6(5)2-16)15-4-14-8-9(15)12-3-13-10(8)17/h1,3-4,6-7,16H,2H2,(H,12,13,17)/t6-,7-/m1/s1. The van der Waals surface area contributed by atoms with Crippen LogP contribution in [0.1, 0.15) is 6.23 Å². The fraction of sp³-hybridized carbons (Fsp3) is 0.300. The highest BCUT2D eigenvalue weighted by Crippen LogP contribution is 2.28. The number of rotatable bonds is 2. The summed E-state index contributed by atoms with van der Waals surface area (Å²) in [5.41, 5.74) is 0.0775. The molecule has 18 heavy (non-hydrogen) atoms. The van der Waals surface area contributed by atoms with Crippen molar-refractivity contribution >= 4 is 11.2 Å². The number of imidazole rings is 1. The molecule has 0 aromatic carbocycles. The normalized spacial score (nSPS) is 23.6. The minimum Gasteiger partial charge on any atom is -0.393 e. The summed E-state index contributed by atoms with van der Waals surface area (Å²) >= 11 is 0. The Morgan fingerprint density at radius 3 is 3.11 bits per heavy atom. The topological polar surface area (TPSA) is 93.0 Å². The van der Waals surface area contributed by atoms with E-state index in [9.17, 15) is 9.18 Å². The highest BCUT2D eigenvalue weighted by atomic mass is 19.1. The number of aromatic amines is 1. The van der Waals surface area contributed by atoms with Crippen molar-refractivity contribution in [2.24, 2.45) is 0 Å². The summed E-state index contributed by atoms with van der Waals surface area (Å²) in [6.45, 7) is -0.445. The van der Waals surface area contributed by atoms with Crippen molar-refractivity contribution < 1.29 is 14.2 Å². The highest BCUT2D eigenvalue weighted by molar-refractivity contribution is 5.69. The summed E-state index contributed by atoms with van der Waals surface area (Å²) in [5, 5.41) is 8.91. The van der Waals surface area contributed by atoms with E-state index in [4.69, 9.17) is 9.84 Å². The number of fused-ring (bicyclic) bond motifs is 1. The average molecular weight is 252 g/mol. The number of nitrogens with zero attached hydrogens (tertiary/aromatic N) is 3. The zero-order valence-electron chi connectivity index (χ0n) is 9.08. The Morgan fingerprint density at radius 1 is 1.56 bits per heavy atom. The summed E-state index contributed by atoms with van der Waals surface area (Å²) < 4.78 is 20.1. The van der Waals surface area contributed by atoms with E-state index in [1.165, 1.54) is 23.3 Å². The number of aliphatic hydroxyl groups is 1. The lowest BCUT2D eigenvalue weighted by atomic mass is 10.3. The van der Waals surface area contributed by atoms with Gasteiger partial charge in [0.25, 0.3) is 5.56 Å². The number of hydrogen-bond donors (Lipinski definition) is 2. The van der Waals surface area contributed by atoms with E-state index in [1.807, 2.05) is 0 Å². The maximum atomic E-state index is 13.4. The first-order valence-corrected chi connectivity index (χ1v) is 5.24. The molecule has 3 rings (SSSR count). The van der Waals surface area contributed by atoms with E-state index in [2.05, 4.69) is 15.0 Å². The second-order valence-electron chi connectivity index (χ2n) is 3.81. The van der Waals surface area contributed by atoms with Crippen LogP contribution in [0.2, 0.25) is 0 Å². The van der Waals surface area contributed by atoms with Crippen molar-refractivity contribution in [1.29, 1.82) is 0 Å². The molecule has 2 atom stereocenters. The summed E-state index contributed by atoms with van der Waals surface area (Å²) in [5.74, 6) is -0.547. The van der Waals surface area contributed by atoms with E-state index in [-0.39, 0.29) is 11.1 Å². The molecule has 0 saturated heterocycles. The molecule has 1 aliphatic heterocycles. The number of aliphatic hydroxyl groups excluding tert-OH is 1. The second kappa shape index (κ2) is 4.00. The summed E-state index contributed by atoms with van der Waals surface area (Å²) in [4.78, 5) is 21.7. The molecule has 0 radical (unpaired) electrons. The molecule has 2 aromatic rings. The highest BCUT2D eigenvalue weighted by Gasteiger charge is 2.29. The van der Waals surface area contributed by atoms with Gasteiger partial charge in [-0.15, -0.1) is 0 Å². The molecule has 0 unspecified atom stereocenters. The lowest BCUT2D eigenvalue weighted by molar-refractivity contribution is -0.0163. The third-order valence-electron chi connectivity index (χ3n) is 2.72. The molecule has 0 aliphatic carbocycles. The molecule has 0 bridgehead atoms. The average Bonchev–Trinajstić information content (AvgIpc) is 2.93. The molecule has 94 valence electrons. The number of halogens is 1. The van der Waals surface area contributed by atoms with Gasteiger partial charge in [0.15, 0.2) is 17.4 Å². The number of nitrogens with one attached hydrogen (secondary N) is 1. The van der Waals surface area contributed by atoms with E-state index in [0.717, 1.165) is 0 Å². The zero-order chi connectivity index (χ0) is 12.7. The van der Waals surface area contributed by atoms with Gasteiger partial charge < -0.3 is 14.8 Å². The Morgan fingerprint density at radius 2 is 2.39 bits per heavy atom. The van der Waals surface area contributed by atoms with Crippen LogP contribution in [0.4, 0.5) is 4.39 Å². The van der Waals surface area contributed by atoms with Gasteiger partial charge in [0.2, 0.25) is 0 Å². The van der Waals surface area contributed by atoms with Crippen molar-refractivity contribution in [2.45, 2.75) is 12.3 Å². The molecular formula is C10H9FN4O3. The largest absolute Gasteiger partial charge is 0.393 e. The van der Waals surface area contributed by atoms with E-state index >= 15 is 0 Å². The quantitative estimate of drug-likeness (QED) is 0.776. The lowest BCUT2D eigenvalue weighted by Gasteiger charge is -2.13. The van der Waals surface area contributed by atoms with Gasteiger partial charge in [-0.1, -0.05) is 0 Å². The van der Waals surface area contributed by atoms with Crippen LogP contribution >= 0.6 is 0 Å². The first kappa shape index (κ1) is 11.1. The predicted octanol–water partition coefficient (Wildman–Crippen LogP) is -0.137. The lowest BCUT2D eigenvalue weighted by Crippen LogP contribution is -2.17. The van der Waals surface area contributed by atoms with Gasteiger partial charge in [0.1, 0.15) is 11.9 Å². The molecule has 0 amide bonds. The van der Waals surface area contributed by atoms with Crippen LogP contribution < -0.4 is 5.56 Å². The first-order valence-electron chi connectivity index (χ1n) is 5.24. The van der Waals surface area contributed by atoms with Crippen LogP contribution in [0.5, 0.6) is 0 Å². The Balaban J connectivity index is 2.07. The van der Waals surface area contributed by atoms with Gasteiger partial charge in [-0.2, -0.15) is 0 Å². The molecular weight excluding hydrogens is 243 g/mol. The third kappa shape index (κ3) is 1.54. The van der Waals surface area contributed by atoms with Crippen LogP contribution in [0.15, 0.2) is 29.4 Å². The molecule has 2 N–H and O–H groups in total. The van der Waals surface area contributed by atoms with Crippen LogP contribution in [0, 0.1) is 0 Å². The molecule has 3 heterocycles. The maximum Gasteiger partial charge on any atom is 0.278 e. The number of ether oxygens (including phenoxy) is 1. The fourth-order valence-corrected chi connectivity index (χ4v) is 1.84. The molecule has 0 saturated carbocycles. The summed E-state index contributed by atoms with van der Waals surface area (Å²) in [7, 11) is 0. The minimum absolute atomic E-state index is 0.155. The number of H-pyrrole nitrogens is 1. The van der Waals surface area contributed by atoms with Crippen LogP contribution in [0.25, 0.3) is 11.2 Å². The van der Waals surface area contributed by atoms with Gasteiger partial charge in [-0.05, 0) is 6.08 Å². The molecule has 1 aliphatic rings. The van der Waals surface area contributed by atoms with Crippen LogP contribution in [-0.2, 0) is 4.74 Å². The summed E-state index contributed by atoms with van der Waals surface area (Å²) in [6.07, 6.45) is 2.06. The zero-order valence-corrected chi connectivity index (χ0v) is 9.08. The van der Waals surface area contributed by atoms with Gasteiger partial charge in [-0.25, -0.2) is 14.4 Å². The fourth-order valence-electron chi connectivity index (χ4n) is 1.84. The van der Waals surface area contributed by atoms with Gasteiger partial charge in [-0.3, -0.25) is 9.36 Å². The van der Waals surface area contributed by atoms with Crippen molar-refractivity contribution in [3.05, 3.63) is 34.9 Å². The predicted molar refractivity (Wildman–Crippen MR) is 58.3 cm³/mol. The molecule has 0 fully saturated rings. The molecule has 0 spiro atoms. The van der Waals surface area contributed by atoms with Crippen molar-refractivity contribution in [3.63, 3.8) is 0 Å². The van der Waals surface area contributed by atoms with E-state index < -0.39 is 24.8 Å². The van der Waals surface area contributed by atoms with Crippen molar-refractivity contribution in [2.75, 3.05) is 6.61 Å². The smallest absolute Gasteiger partial charge is 0.278 e. The monoisotopic (exact) mass is 252 g/mol. The second-order valence-corrected chi connectivity index (χ2v) is 3.81. The van der Waals surface area contributed by atoms with Gasteiger partial charge >= 0.3 is 0 Å².